The molecule has 26 heavy (non-hydrogen) atoms. The molecule has 140 valence electrons. The molecule has 11 heteroatoms. The number of sulfonamides is 1. The Morgan fingerprint density at radius 2 is 2.23 bits per heavy atom. The van der Waals surface area contributed by atoms with E-state index in [1.54, 1.807) is 18.2 Å². The van der Waals surface area contributed by atoms with E-state index in [0.717, 1.165) is 21.9 Å². The van der Waals surface area contributed by atoms with E-state index < -0.39 is 22.0 Å². The van der Waals surface area contributed by atoms with Crippen molar-refractivity contribution in [3.05, 3.63) is 23.8 Å². The first kappa shape index (κ1) is 18.9. The molecule has 2 heterocycles. The number of hydrogen-bond acceptors (Lipinski definition) is 8. The van der Waals surface area contributed by atoms with Crippen LogP contribution in [0.2, 0.25) is 0 Å². The molecule has 1 aliphatic heterocycles. The molecule has 0 saturated carbocycles. The fraction of sp³-hybridized carbons (Fsp3) is 0.400. The number of thioether (sulfide) groups is 1. The van der Waals surface area contributed by atoms with Gasteiger partial charge >= 0.3 is 0 Å². The Bertz CT molecular complexity index is 929. The van der Waals surface area contributed by atoms with Crippen LogP contribution in [0.5, 0.6) is 5.75 Å². The highest BCUT2D eigenvalue weighted by Crippen LogP contribution is 2.36. The molecule has 1 aromatic heterocycles. The number of aryl methyl sites for hydroxylation is 1. The SMILES string of the molecule is CCSc1nnc(NC(=O)[C@@H]2CN(S(C)(=O)=O)c3cc(C)ccc3O2)s1. The van der Waals surface area contributed by atoms with Crippen LogP contribution in [-0.4, -0.2) is 49.2 Å². The van der Waals surface area contributed by atoms with Gasteiger partial charge in [0.25, 0.3) is 5.91 Å². The molecule has 1 aliphatic rings. The van der Waals surface area contributed by atoms with Gasteiger partial charge in [0.15, 0.2) is 10.4 Å². The number of nitrogens with zero attached hydrogens (tertiary/aromatic N) is 3. The molecule has 1 N–H and O–H groups in total. The third-order valence-corrected chi connectivity index (χ3v) is 6.58. The molecule has 0 radical (unpaired) electrons. The van der Waals surface area contributed by atoms with Crippen molar-refractivity contribution in [2.24, 2.45) is 0 Å². The summed E-state index contributed by atoms with van der Waals surface area (Å²) in [5.74, 6) is 0.745. The molecule has 1 amide bonds. The van der Waals surface area contributed by atoms with Crippen LogP contribution in [0.25, 0.3) is 0 Å². The maximum absolute atomic E-state index is 12.6. The summed E-state index contributed by atoms with van der Waals surface area (Å²) in [6.45, 7) is 3.76. The summed E-state index contributed by atoms with van der Waals surface area (Å²) in [7, 11) is -3.55. The van der Waals surface area contributed by atoms with Crippen LogP contribution in [-0.2, 0) is 14.8 Å². The van der Waals surface area contributed by atoms with Crippen molar-refractivity contribution in [3.63, 3.8) is 0 Å². The van der Waals surface area contributed by atoms with Crippen LogP contribution in [0.15, 0.2) is 22.5 Å². The van der Waals surface area contributed by atoms with Crippen LogP contribution in [0, 0.1) is 6.92 Å². The number of rotatable bonds is 5. The summed E-state index contributed by atoms with van der Waals surface area (Å²) in [5.41, 5.74) is 1.34. The summed E-state index contributed by atoms with van der Waals surface area (Å²) in [6, 6.07) is 5.20. The van der Waals surface area contributed by atoms with Crippen molar-refractivity contribution in [2.45, 2.75) is 24.3 Å². The third kappa shape index (κ3) is 4.10. The normalized spacial score (nSPS) is 16.7. The minimum absolute atomic E-state index is 0.101. The topological polar surface area (TPSA) is 101 Å². The number of nitrogens with one attached hydrogen (secondary N) is 1. The molecular formula is C15H18N4O4S3. The highest BCUT2D eigenvalue weighted by molar-refractivity contribution is 8.01. The molecular weight excluding hydrogens is 396 g/mol. The van der Waals surface area contributed by atoms with E-state index in [9.17, 15) is 13.2 Å². The molecule has 1 atom stereocenters. The quantitative estimate of drug-likeness (QED) is 0.591. The second-order valence-corrected chi connectivity index (χ2v) is 10.1. The number of carbonyl (C=O) groups excluding carboxylic acids is 1. The summed E-state index contributed by atoms with van der Waals surface area (Å²) < 4.78 is 32.0. The van der Waals surface area contributed by atoms with E-state index in [1.807, 2.05) is 13.8 Å². The van der Waals surface area contributed by atoms with E-state index in [0.29, 0.717) is 16.6 Å². The fourth-order valence-corrected chi connectivity index (χ4v) is 5.00. The minimum atomic E-state index is -3.55. The Hall–Kier alpha value is -1.85. The van der Waals surface area contributed by atoms with Crippen LogP contribution in [0.3, 0.4) is 0 Å². The first-order chi connectivity index (χ1) is 12.3. The molecule has 0 spiro atoms. The van der Waals surface area contributed by atoms with Gasteiger partial charge in [0.2, 0.25) is 15.2 Å². The van der Waals surface area contributed by atoms with Crippen molar-refractivity contribution in [1.29, 1.82) is 0 Å². The minimum Gasteiger partial charge on any atom is -0.476 e. The van der Waals surface area contributed by atoms with Crippen LogP contribution in [0.1, 0.15) is 12.5 Å². The van der Waals surface area contributed by atoms with Crippen molar-refractivity contribution in [1.82, 2.24) is 10.2 Å². The van der Waals surface area contributed by atoms with Gasteiger partial charge in [-0.2, -0.15) is 0 Å². The molecule has 1 aromatic carbocycles. The Morgan fingerprint density at radius 3 is 2.92 bits per heavy atom. The molecule has 8 nitrogen and oxygen atoms in total. The van der Waals surface area contributed by atoms with Gasteiger partial charge in [-0.25, -0.2) is 8.42 Å². The first-order valence-electron chi connectivity index (χ1n) is 7.80. The number of carbonyl (C=O) groups is 1. The van der Waals surface area contributed by atoms with Crippen molar-refractivity contribution in [3.8, 4) is 5.75 Å². The second-order valence-electron chi connectivity index (χ2n) is 5.67. The monoisotopic (exact) mass is 414 g/mol. The standard InChI is InChI=1S/C15H18N4O4S3/c1-4-24-15-18-17-14(25-15)16-13(20)12-8-19(26(3,21)22)10-7-9(2)5-6-11(10)23-12/h5-7,12H,4,8H2,1-3H3,(H,16,17,20)/t12-/m0/s1. The van der Waals surface area contributed by atoms with Gasteiger partial charge in [-0.15, -0.1) is 10.2 Å². The van der Waals surface area contributed by atoms with E-state index in [4.69, 9.17) is 4.74 Å². The molecule has 2 aromatic rings. The van der Waals surface area contributed by atoms with Crippen LogP contribution < -0.4 is 14.4 Å². The Labute approximate surface area is 160 Å². The first-order valence-corrected chi connectivity index (χ1v) is 11.4. The molecule has 3 rings (SSSR count). The number of anilines is 2. The molecule has 0 fully saturated rings. The average molecular weight is 415 g/mol. The number of amides is 1. The van der Waals surface area contributed by atoms with Gasteiger partial charge in [-0.1, -0.05) is 36.1 Å². The second kappa shape index (κ2) is 7.41. The molecule has 0 unspecified atom stereocenters. The Kier molecular flexibility index (Phi) is 5.39. The van der Waals surface area contributed by atoms with Crippen LogP contribution >= 0.6 is 23.1 Å². The van der Waals surface area contributed by atoms with Gasteiger partial charge < -0.3 is 4.74 Å². The van der Waals surface area contributed by atoms with Gasteiger partial charge in [0, 0.05) is 0 Å². The predicted octanol–water partition coefficient (Wildman–Crippen LogP) is 2.12. The predicted molar refractivity (Wildman–Crippen MR) is 103 cm³/mol. The van der Waals surface area contributed by atoms with Crippen molar-refractivity contribution < 1.29 is 17.9 Å². The number of hydrogen-bond donors (Lipinski definition) is 1. The Morgan fingerprint density at radius 1 is 1.46 bits per heavy atom. The summed E-state index contributed by atoms with van der Waals surface area (Å²) in [5, 5.41) is 10.9. The number of aromatic nitrogens is 2. The lowest BCUT2D eigenvalue weighted by atomic mass is 10.1. The maximum Gasteiger partial charge on any atom is 0.269 e. The van der Waals surface area contributed by atoms with Gasteiger partial charge in [0.05, 0.1) is 18.5 Å². The smallest absolute Gasteiger partial charge is 0.269 e. The summed E-state index contributed by atoms with van der Waals surface area (Å²) >= 11 is 2.79. The average Bonchev–Trinajstić information content (AvgIpc) is 3.00. The molecule has 0 saturated heterocycles. The molecule has 0 aliphatic carbocycles. The number of fused-ring (bicyclic) bond motifs is 1. The van der Waals surface area contributed by atoms with Gasteiger partial charge in [0.1, 0.15) is 5.75 Å². The fourth-order valence-electron chi connectivity index (χ4n) is 2.44. The van der Waals surface area contributed by atoms with Crippen molar-refractivity contribution in [2.75, 3.05) is 28.2 Å². The van der Waals surface area contributed by atoms with E-state index in [2.05, 4.69) is 15.5 Å². The van der Waals surface area contributed by atoms with Crippen LogP contribution in [0.4, 0.5) is 10.8 Å². The zero-order valence-corrected chi connectivity index (χ0v) is 16.9. The third-order valence-electron chi connectivity index (χ3n) is 3.58. The number of benzene rings is 1. The highest BCUT2D eigenvalue weighted by atomic mass is 32.2. The number of ether oxygens (including phenoxy) is 1. The lowest BCUT2D eigenvalue weighted by molar-refractivity contribution is -0.122. The summed E-state index contributed by atoms with van der Waals surface area (Å²) in [6.07, 6.45) is 0.129. The highest BCUT2D eigenvalue weighted by Gasteiger charge is 2.35. The lowest BCUT2D eigenvalue weighted by Crippen LogP contribution is -2.48. The maximum atomic E-state index is 12.6. The largest absolute Gasteiger partial charge is 0.476 e. The Balaban J connectivity index is 1.82. The van der Waals surface area contributed by atoms with Crippen molar-refractivity contribution >= 4 is 49.8 Å². The summed E-state index contributed by atoms with van der Waals surface area (Å²) in [4.78, 5) is 12.6. The van der Waals surface area contributed by atoms with E-state index >= 15 is 0 Å². The van der Waals surface area contributed by atoms with Gasteiger partial charge in [-0.3, -0.25) is 14.4 Å². The van der Waals surface area contributed by atoms with E-state index in [-0.39, 0.29) is 6.54 Å². The van der Waals surface area contributed by atoms with E-state index in [1.165, 1.54) is 27.4 Å². The molecule has 0 bridgehead atoms. The lowest BCUT2D eigenvalue weighted by Gasteiger charge is -2.34. The van der Waals surface area contributed by atoms with Gasteiger partial charge in [-0.05, 0) is 30.4 Å². The zero-order chi connectivity index (χ0) is 18.9. The zero-order valence-electron chi connectivity index (χ0n) is 14.4.